The van der Waals surface area contributed by atoms with E-state index in [1.54, 1.807) is 24.0 Å². The molecule has 29 heavy (non-hydrogen) atoms. The lowest BCUT2D eigenvalue weighted by molar-refractivity contribution is -0.138. The van der Waals surface area contributed by atoms with E-state index in [2.05, 4.69) is 5.32 Å². The minimum Gasteiger partial charge on any atom is -0.352 e. The van der Waals surface area contributed by atoms with Gasteiger partial charge in [-0.3, -0.25) is 9.59 Å². The molecule has 7 heteroatoms. The monoisotopic (exact) mass is 436 g/mol. The average molecular weight is 437 g/mol. The van der Waals surface area contributed by atoms with Crippen molar-refractivity contribution in [1.82, 2.24) is 10.2 Å². The molecule has 0 saturated heterocycles. The molecule has 2 aromatic carbocycles. The van der Waals surface area contributed by atoms with E-state index in [4.69, 9.17) is 11.6 Å². The minimum absolute atomic E-state index is 0.0213. The van der Waals surface area contributed by atoms with Crippen LogP contribution in [0.25, 0.3) is 0 Å². The Morgan fingerprint density at radius 3 is 2.21 bits per heavy atom. The molecular weight excluding hydrogens is 411 g/mol. The molecule has 0 radical (unpaired) electrons. The zero-order chi connectivity index (χ0) is 21.4. The summed E-state index contributed by atoms with van der Waals surface area (Å²) in [5.74, 6) is 0.219. The van der Waals surface area contributed by atoms with E-state index in [1.165, 1.54) is 23.9 Å². The second kappa shape index (κ2) is 11.2. The van der Waals surface area contributed by atoms with Gasteiger partial charge in [0, 0.05) is 23.4 Å². The summed E-state index contributed by atoms with van der Waals surface area (Å²) >= 11 is 7.37. The maximum absolute atomic E-state index is 13.2. The molecule has 0 aliphatic carbocycles. The molecule has 2 aromatic rings. The molecule has 0 aliphatic rings. The Morgan fingerprint density at radius 2 is 1.62 bits per heavy atom. The summed E-state index contributed by atoms with van der Waals surface area (Å²) in [5, 5.41) is 3.52. The van der Waals surface area contributed by atoms with Crippen molar-refractivity contribution in [1.29, 1.82) is 0 Å². The van der Waals surface area contributed by atoms with Crippen LogP contribution < -0.4 is 5.32 Å². The predicted molar refractivity (Wildman–Crippen MR) is 117 cm³/mol. The van der Waals surface area contributed by atoms with E-state index in [-0.39, 0.29) is 36.0 Å². The van der Waals surface area contributed by atoms with Crippen LogP contribution in [0.2, 0.25) is 5.02 Å². The van der Waals surface area contributed by atoms with Gasteiger partial charge in [-0.25, -0.2) is 4.39 Å². The summed E-state index contributed by atoms with van der Waals surface area (Å²) in [6.07, 6.45) is 0. The summed E-state index contributed by atoms with van der Waals surface area (Å²) in [4.78, 5) is 26.9. The molecule has 0 aliphatic heterocycles. The molecule has 2 rings (SSSR count). The maximum Gasteiger partial charge on any atom is 0.242 e. The number of halogens is 2. The van der Waals surface area contributed by atoms with Crippen LogP contribution in [-0.2, 0) is 21.9 Å². The van der Waals surface area contributed by atoms with E-state index in [0.717, 1.165) is 11.1 Å². The standard InChI is InChI=1S/C22H26ClFN2O2S/c1-15(2)25-22(28)16(3)26(12-17-6-10-20(24)11-7-17)21(27)14-29-13-18-4-8-19(23)9-5-18/h4-11,15-16H,12-14H2,1-3H3,(H,25,28)/t16-/m0/s1. The van der Waals surface area contributed by atoms with Gasteiger partial charge in [0.05, 0.1) is 5.75 Å². The highest BCUT2D eigenvalue weighted by Crippen LogP contribution is 2.18. The number of benzene rings is 2. The van der Waals surface area contributed by atoms with Crippen LogP contribution in [0.1, 0.15) is 31.9 Å². The van der Waals surface area contributed by atoms with Crippen molar-refractivity contribution in [3.63, 3.8) is 0 Å². The van der Waals surface area contributed by atoms with Crippen molar-refractivity contribution in [2.75, 3.05) is 5.75 Å². The number of rotatable bonds is 9. The summed E-state index contributed by atoms with van der Waals surface area (Å²) in [7, 11) is 0. The van der Waals surface area contributed by atoms with Crippen molar-refractivity contribution in [2.24, 2.45) is 0 Å². The molecule has 1 N–H and O–H groups in total. The molecular formula is C22H26ClFN2O2S. The Balaban J connectivity index is 2.05. The van der Waals surface area contributed by atoms with Gasteiger partial charge in [-0.1, -0.05) is 35.9 Å². The van der Waals surface area contributed by atoms with Gasteiger partial charge < -0.3 is 10.2 Å². The first-order valence-corrected chi connectivity index (χ1v) is 11.0. The second-order valence-electron chi connectivity index (χ2n) is 7.11. The Labute approximate surface area is 180 Å². The van der Waals surface area contributed by atoms with E-state index in [0.29, 0.717) is 10.8 Å². The zero-order valence-electron chi connectivity index (χ0n) is 16.8. The summed E-state index contributed by atoms with van der Waals surface area (Å²) < 4.78 is 13.2. The topological polar surface area (TPSA) is 49.4 Å². The van der Waals surface area contributed by atoms with Gasteiger partial charge in [0.1, 0.15) is 11.9 Å². The lowest BCUT2D eigenvalue weighted by Gasteiger charge is -2.29. The number of carbonyl (C=O) groups excluding carboxylic acids is 2. The molecule has 0 bridgehead atoms. The Morgan fingerprint density at radius 1 is 1.03 bits per heavy atom. The third-order valence-electron chi connectivity index (χ3n) is 4.27. The average Bonchev–Trinajstić information content (AvgIpc) is 2.68. The van der Waals surface area contributed by atoms with Gasteiger partial charge in [-0.2, -0.15) is 0 Å². The van der Waals surface area contributed by atoms with E-state index < -0.39 is 6.04 Å². The largest absolute Gasteiger partial charge is 0.352 e. The second-order valence-corrected chi connectivity index (χ2v) is 8.53. The summed E-state index contributed by atoms with van der Waals surface area (Å²) in [6.45, 7) is 5.70. The molecule has 2 amide bonds. The molecule has 0 heterocycles. The lowest BCUT2D eigenvalue weighted by atomic mass is 10.1. The van der Waals surface area contributed by atoms with Crippen molar-refractivity contribution >= 4 is 35.2 Å². The van der Waals surface area contributed by atoms with Crippen LogP contribution in [0.15, 0.2) is 48.5 Å². The maximum atomic E-state index is 13.2. The predicted octanol–water partition coefficient (Wildman–Crippen LogP) is 4.65. The smallest absolute Gasteiger partial charge is 0.242 e. The van der Waals surface area contributed by atoms with E-state index >= 15 is 0 Å². The van der Waals surface area contributed by atoms with Gasteiger partial charge in [0.25, 0.3) is 0 Å². The van der Waals surface area contributed by atoms with Crippen LogP contribution in [0, 0.1) is 5.82 Å². The number of thioether (sulfide) groups is 1. The molecule has 156 valence electrons. The molecule has 0 aromatic heterocycles. The molecule has 0 fully saturated rings. The fraction of sp³-hybridized carbons (Fsp3) is 0.364. The SMILES string of the molecule is CC(C)NC(=O)[C@H](C)N(Cc1ccc(F)cc1)C(=O)CSCc1ccc(Cl)cc1. The fourth-order valence-electron chi connectivity index (χ4n) is 2.69. The normalized spacial score (nSPS) is 11.9. The van der Waals surface area contributed by atoms with Crippen molar-refractivity contribution in [3.05, 3.63) is 70.5 Å². The van der Waals surface area contributed by atoms with Crippen molar-refractivity contribution in [2.45, 2.75) is 45.2 Å². The highest BCUT2D eigenvalue weighted by molar-refractivity contribution is 7.99. The van der Waals surface area contributed by atoms with Crippen LogP contribution in [0.3, 0.4) is 0 Å². The van der Waals surface area contributed by atoms with Crippen LogP contribution in [0.5, 0.6) is 0 Å². The molecule has 1 atom stereocenters. The van der Waals surface area contributed by atoms with Gasteiger partial charge >= 0.3 is 0 Å². The van der Waals surface area contributed by atoms with E-state index in [9.17, 15) is 14.0 Å². The number of nitrogens with zero attached hydrogens (tertiary/aromatic N) is 1. The Bertz CT molecular complexity index is 813. The summed E-state index contributed by atoms with van der Waals surface area (Å²) in [5.41, 5.74) is 1.84. The number of hydrogen-bond donors (Lipinski definition) is 1. The molecule has 0 saturated carbocycles. The van der Waals surface area contributed by atoms with Crippen molar-refractivity contribution < 1.29 is 14.0 Å². The highest BCUT2D eigenvalue weighted by atomic mass is 35.5. The highest BCUT2D eigenvalue weighted by Gasteiger charge is 2.26. The van der Waals surface area contributed by atoms with Gasteiger partial charge in [-0.15, -0.1) is 11.8 Å². The van der Waals surface area contributed by atoms with Gasteiger partial charge in [0.15, 0.2) is 0 Å². The fourth-order valence-corrected chi connectivity index (χ4v) is 3.69. The number of nitrogens with one attached hydrogen (secondary N) is 1. The Kier molecular flexibility index (Phi) is 8.99. The minimum atomic E-state index is -0.633. The third-order valence-corrected chi connectivity index (χ3v) is 5.51. The summed E-state index contributed by atoms with van der Waals surface area (Å²) in [6, 6.07) is 12.8. The van der Waals surface area contributed by atoms with Crippen LogP contribution in [0.4, 0.5) is 4.39 Å². The molecule has 0 spiro atoms. The van der Waals surface area contributed by atoms with Crippen molar-refractivity contribution in [3.8, 4) is 0 Å². The quantitative estimate of drug-likeness (QED) is 0.622. The first-order valence-electron chi connectivity index (χ1n) is 9.42. The number of amides is 2. The number of carbonyl (C=O) groups is 2. The first-order chi connectivity index (χ1) is 13.8. The van der Waals surface area contributed by atoms with E-state index in [1.807, 2.05) is 38.1 Å². The zero-order valence-corrected chi connectivity index (χ0v) is 18.4. The number of hydrogen-bond acceptors (Lipinski definition) is 3. The lowest BCUT2D eigenvalue weighted by Crippen LogP contribution is -2.49. The van der Waals surface area contributed by atoms with Crippen LogP contribution >= 0.6 is 23.4 Å². The molecule has 0 unspecified atom stereocenters. The molecule has 4 nitrogen and oxygen atoms in total. The van der Waals surface area contributed by atoms with Gasteiger partial charge in [0.2, 0.25) is 11.8 Å². The first kappa shape index (κ1) is 23.2. The Hall–Kier alpha value is -2.05. The third kappa shape index (κ3) is 7.71. The van der Waals surface area contributed by atoms with Gasteiger partial charge in [-0.05, 0) is 56.2 Å². The van der Waals surface area contributed by atoms with Crippen LogP contribution in [-0.4, -0.2) is 34.6 Å².